The summed E-state index contributed by atoms with van der Waals surface area (Å²) in [5.41, 5.74) is 0.0720. The Bertz CT molecular complexity index is 953. The van der Waals surface area contributed by atoms with Crippen molar-refractivity contribution in [3.63, 3.8) is 0 Å². The molecule has 28 heavy (non-hydrogen) atoms. The summed E-state index contributed by atoms with van der Waals surface area (Å²) in [5, 5.41) is 0. The van der Waals surface area contributed by atoms with E-state index in [2.05, 4.69) is 0 Å². The van der Waals surface area contributed by atoms with Crippen molar-refractivity contribution < 1.29 is 22.0 Å². The van der Waals surface area contributed by atoms with Gasteiger partial charge in [0.1, 0.15) is 0 Å². The fourth-order valence-electron chi connectivity index (χ4n) is 3.01. The number of halogens is 5. The van der Waals surface area contributed by atoms with Crippen LogP contribution in [0.3, 0.4) is 0 Å². The number of hydrogen-bond acceptors (Lipinski definition) is 0. The average Bonchev–Trinajstić information content (AvgIpc) is 2.67. The average molecular weight is 388 g/mol. The van der Waals surface area contributed by atoms with E-state index in [9.17, 15) is 22.0 Å². The predicted octanol–water partition coefficient (Wildman–Crippen LogP) is 7.15. The summed E-state index contributed by atoms with van der Waals surface area (Å²) < 4.78 is 69.9. The predicted molar refractivity (Wildman–Crippen MR) is 101 cm³/mol. The molecule has 0 N–H and O–H groups in total. The van der Waals surface area contributed by atoms with Crippen LogP contribution in [0.1, 0.15) is 22.3 Å². The van der Waals surface area contributed by atoms with Gasteiger partial charge in [0.15, 0.2) is 0 Å². The maximum atomic E-state index is 14.8. The second-order valence-corrected chi connectivity index (χ2v) is 6.42. The number of aryl methyl sites for hydroxylation is 1. The number of allylic oxidation sites excluding steroid dienone is 1. The largest absolute Gasteiger partial charge is 0.458 e. The third-order valence-corrected chi connectivity index (χ3v) is 4.39. The molecular weight excluding hydrogens is 371 g/mol. The topological polar surface area (TPSA) is 0 Å². The van der Waals surface area contributed by atoms with Gasteiger partial charge in [-0.2, -0.15) is 22.0 Å². The van der Waals surface area contributed by atoms with Crippen molar-refractivity contribution in [3.8, 4) is 0 Å². The molecule has 0 saturated carbocycles. The van der Waals surface area contributed by atoms with Crippen molar-refractivity contribution in [1.82, 2.24) is 0 Å². The van der Waals surface area contributed by atoms with Crippen LogP contribution in [0.2, 0.25) is 0 Å². The van der Waals surface area contributed by atoms with E-state index in [4.69, 9.17) is 0 Å². The maximum Gasteiger partial charge on any atom is 0.458 e. The second-order valence-electron chi connectivity index (χ2n) is 6.42. The van der Waals surface area contributed by atoms with E-state index in [0.717, 1.165) is 5.56 Å². The van der Waals surface area contributed by atoms with E-state index < -0.39 is 17.7 Å². The van der Waals surface area contributed by atoms with Crippen molar-refractivity contribution in [2.45, 2.75) is 19.0 Å². The van der Waals surface area contributed by atoms with Gasteiger partial charge >= 0.3 is 12.1 Å². The molecule has 5 heteroatoms. The number of benzene rings is 3. The molecular formula is C23H17F5. The first-order valence-corrected chi connectivity index (χ1v) is 8.59. The first-order valence-electron chi connectivity index (χ1n) is 8.59. The smallest absolute Gasteiger partial charge is 0.191 e. The molecule has 0 aromatic heterocycles. The molecule has 0 unspecified atom stereocenters. The van der Waals surface area contributed by atoms with Gasteiger partial charge < -0.3 is 0 Å². The lowest BCUT2D eigenvalue weighted by atomic mass is 9.86. The van der Waals surface area contributed by atoms with Crippen LogP contribution in [-0.2, 0) is 0 Å². The van der Waals surface area contributed by atoms with Crippen LogP contribution >= 0.6 is 0 Å². The van der Waals surface area contributed by atoms with Gasteiger partial charge in [0.05, 0.1) is 0 Å². The fourth-order valence-corrected chi connectivity index (χ4v) is 3.01. The quantitative estimate of drug-likeness (QED) is 0.329. The van der Waals surface area contributed by atoms with Crippen LogP contribution in [0.25, 0.3) is 11.1 Å². The fraction of sp³-hybridized carbons (Fsp3) is 0.130. The molecule has 0 atom stereocenters. The van der Waals surface area contributed by atoms with Gasteiger partial charge in [-0.05, 0) is 29.2 Å². The summed E-state index contributed by atoms with van der Waals surface area (Å²) >= 11 is 0. The van der Waals surface area contributed by atoms with Crippen LogP contribution in [0, 0.1) is 6.92 Å². The van der Waals surface area contributed by atoms with Crippen molar-refractivity contribution in [3.05, 3.63) is 107 Å². The van der Waals surface area contributed by atoms with Gasteiger partial charge in [-0.25, -0.2) is 0 Å². The Kier molecular flexibility index (Phi) is 5.36. The molecule has 0 bridgehead atoms. The van der Waals surface area contributed by atoms with Crippen molar-refractivity contribution in [2.24, 2.45) is 0 Å². The van der Waals surface area contributed by atoms with Crippen molar-refractivity contribution >= 4 is 11.1 Å². The van der Waals surface area contributed by atoms with E-state index in [1.165, 1.54) is 36.4 Å². The SMILES string of the molecule is Cc1ccc(/C(=C(/c2ccccc2)C(F)(F)C(F)(F)F)c2ccccc2)cc1. The lowest BCUT2D eigenvalue weighted by molar-refractivity contribution is -0.253. The highest BCUT2D eigenvalue weighted by Crippen LogP contribution is 2.49. The van der Waals surface area contributed by atoms with Gasteiger partial charge in [0.25, 0.3) is 0 Å². The summed E-state index contributed by atoms with van der Waals surface area (Å²) in [7, 11) is 0. The molecule has 0 aliphatic rings. The molecule has 0 spiro atoms. The van der Waals surface area contributed by atoms with Gasteiger partial charge in [-0.1, -0.05) is 90.5 Å². The molecule has 144 valence electrons. The molecule has 0 amide bonds. The minimum Gasteiger partial charge on any atom is -0.191 e. The maximum absolute atomic E-state index is 14.8. The van der Waals surface area contributed by atoms with Crippen LogP contribution in [0.5, 0.6) is 0 Å². The molecule has 0 fully saturated rings. The summed E-state index contributed by atoms with van der Waals surface area (Å²) in [6.07, 6.45) is -5.73. The van der Waals surface area contributed by atoms with Crippen LogP contribution in [0.15, 0.2) is 84.9 Å². The lowest BCUT2D eigenvalue weighted by Gasteiger charge is -2.26. The molecule has 3 aromatic rings. The van der Waals surface area contributed by atoms with Crippen LogP contribution < -0.4 is 0 Å². The Morgan fingerprint density at radius 3 is 1.46 bits per heavy atom. The summed E-state index contributed by atoms with van der Waals surface area (Å²) in [6, 6.07) is 21.5. The monoisotopic (exact) mass is 388 g/mol. The molecule has 0 aliphatic heterocycles. The minimum absolute atomic E-state index is 0.144. The van der Waals surface area contributed by atoms with E-state index in [1.807, 2.05) is 6.92 Å². The Balaban J connectivity index is 2.44. The molecule has 0 heterocycles. The van der Waals surface area contributed by atoms with Gasteiger partial charge in [-0.15, -0.1) is 0 Å². The Hall–Kier alpha value is -2.95. The van der Waals surface area contributed by atoms with E-state index in [1.54, 1.807) is 48.5 Å². The molecule has 0 radical (unpaired) electrons. The summed E-state index contributed by atoms with van der Waals surface area (Å²) in [6.45, 7) is 1.82. The number of alkyl halides is 5. The molecule has 3 aromatic carbocycles. The third kappa shape index (κ3) is 3.84. The summed E-state index contributed by atoms with van der Waals surface area (Å²) in [4.78, 5) is 0. The van der Waals surface area contributed by atoms with E-state index in [-0.39, 0.29) is 16.7 Å². The number of rotatable bonds is 4. The zero-order valence-corrected chi connectivity index (χ0v) is 15.0. The van der Waals surface area contributed by atoms with Gasteiger partial charge in [0.2, 0.25) is 0 Å². The zero-order valence-electron chi connectivity index (χ0n) is 15.0. The number of hydrogen-bond donors (Lipinski definition) is 0. The Labute approximate surface area is 160 Å². The Morgan fingerprint density at radius 1 is 0.571 bits per heavy atom. The Morgan fingerprint density at radius 2 is 1.00 bits per heavy atom. The summed E-state index contributed by atoms with van der Waals surface area (Å²) in [5.74, 6) is -5.04. The van der Waals surface area contributed by atoms with E-state index >= 15 is 0 Å². The highest BCUT2D eigenvalue weighted by atomic mass is 19.4. The van der Waals surface area contributed by atoms with Crippen molar-refractivity contribution in [1.29, 1.82) is 0 Å². The molecule has 3 rings (SSSR count). The minimum atomic E-state index is -5.73. The highest BCUT2D eigenvalue weighted by molar-refractivity contribution is 6.01. The standard InChI is InChI=1S/C23H17F5/c1-16-12-14-18(15-13-16)20(17-8-4-2-5-9-17)21(19-10-6-3-7-11-19)22(24,25)23(26,27)28/h2-15H,1H3/b21-20-. The van der Waals surface area contributed by atoms with Crippen LogP contribution in [0.4, 0.5) is 22.0 Å². The molecule has 0 aliphatic carbocycles. The highest BCUT2D eigenvalue weighted by Gasteiger charge is 2.61. The third-order valence-electron chi connectivity index (χ3n) is 4.39. The van der Waals surface area contributed by atoms with Gasteiger partial charge in [0, 0.05) is 5.57 Å². The normalized spacial score (nSPS) is 13.2. The molecule has 0 nitrogen and oxygen atoms in total. The van der Waals surface area contributed by atoms with Crippen LogP contribution in [-0.4, -0.2) is 12.1 Å². The van der Waals surface area contributed by atoms with Crippen molar-refractivity contribution in [2.75, 3.05) is 0 Å². The first-order chi connectivity index (χ1) is 13.2. The lowest BCUT2D eigenvalue weighted by Crippen LogP contribution is -2.38. The van der Waals surface area contributed by atoms with E-state index in [0.29, 0.717) is 5.56 Å². The molecule has 0 saturated heterocycles. The zero-order chi connectivity index (χ0) is 20.4. The second kappa shape index (κ2) is 7.58. The van der Waals surface area contributed by atoms with Gasteiger partial charge in [-0.3, -0.25) is 0 Å². The first kappa shape index (κ1) is 19.8.